The molecule has 0 bridgehead atoms. The van der Waals surface area contributed by atoms with Crippen LogP contribution in [0.5, 0.6) is 0 Å². The molecule has 6 heteroatoms. The van der Waals surface area contributed by atoms with Crippen molar-refractivity contribution >= 4 is 57.5 Å². The SMILES string of the molecule is CC1(C)OB(c2ccc3c(-c4ccccc4)cc4c5cc(B6OC(C)(C)C(C)(C)O6)ccc5c(-c5ccccc5)cc4c3c2)OC1(C)C. The van der Waals surface area contributed by atoms with Gasteiger partial charge in [-0.1, -0.05) is 97.1 Å². The molecule has 6 aromatic carbocycles. The third kappa shape index (κ3) is 4.92. The van der Waals surface area contributed by atoms with Crippen molar-refractivity contribution in [3.8, 4) is 22.3 Å². The van der Waals surface area contributed by atoms with Gasteiger partial charge < -0.3 is 18.6 Å². The minimum Gasteiger partial charge on any atom is -0.399 e. The first kappa shape index (κ1) is 31.3. The largest absolute Gasteiger partial charge is 0.494 e. The second-order valence-corrected chi connectivity index (χ2v) is 15.5. The summed E-state index contributed by atoms with van der Waals surface area (Å²) < 4.78 is 26.2. The summed E-state index contributed by atoms with van der Waals surface area (Å²) in [5, 5.41) is 7.07. The zero-order valence-corrected chi connectivity index (χ0v) is 29.2. The summed E-state index contributed by atoms with van der Waals surface area (Å²) >= 11 is 0. The quantitative estimate of drug-likeness (QED) is 0.144. The van der Waals surface area contributed by atoms with Crippen LogP contribution in [0.4, 0.5) is 0 Å². The Kier molecular flexibility index (Phi) is 7.04. The Hall–Kier alpha value is -3.93. The van der Waals surface area contributed by atoms with Crippen LogP contribution < -0.4 is 10.9 Å². The molecule has 2 heterocycles. The maximum absolute atomic E-state index is 6.55. The van der Waals surface area contributed by atoms with E-state index in [1.54, 1.807) is 0 Å². The standard InChI is InChI=1S/C42H42B2O4/c1-39(2)40(3,4)46-43(45-39)29-19-21-31-33(27-15-11-9-12-16-27)26-38-36-24-30(44-47-41(5,6)42(7,8)48-44)20-22-32(36)34(25-37(38)35(31)23-29)28-17-13-10-14-18-28/h9-26H,1-8H3. The molecule has 0 unspecified atom stereocenters. The first-order chi connectivity index (χ1) is 22.7. The van der Waals surface area contributed by atoms with Gasteiger partial charge in [0.2, 0.25) is 0 Å². The summed E-state index contributed by atoms with van der Waals surface area (Å²) in [6.07, 6.45) is 0. The van der Waals surface area contributed by atoms with Gasteiger partial charge in [0.15, 0.2) is 0 Å². The zero-order chi connectivity index (χ0) is 33.6. The van der Waals surface area contributed by atoms with E-state index in [1.165, 1.54) is 54.6 Å². The molecule has 2 aliphatic heterocycles. The van der Waals surface area contributed by atoms with Gasteiger partial charge in [-0.25, -0.2) is 0 Å². The van der Waals surface area contributed by atoms with Gasteiger partial charge in [-0.05, 0) is 133 Å². The van der Waals surface area contributed by atoms with Gasteiger partial charge in [0.05, 0.1) is 22.4 Å². The molecule has 0 saturated carbocycles. The van der Waals surface area contributed by atoms with Gasteiger partial charge in [-0.15, -0.1) is 0 Å². The highest BCUT2D eigenvalue weighted by Gasteiger charge is 2.52. The smallest absolute Gasteiger partial charge is 0.399 e. The van der Waals surface area contributed by atoms with Crippen molar-refractivity contribution in [2.45, 2.75) is 77.8 Å². The number of fused-ring (bicyclic) bond motifs is 5. The molecule has 8 rings (SSSR count). The molecular formula is C42H42B2O4. The average Bonchev–Trinajstić information content (AvgIpc) is 3.43. The second-order valence-electron chi connectivity index (χ2n) is 15.5. The summed E-state index contributed by atoms with van der Waals surface area (Å²) in [6, 6.07) is 39.5. The van der Waals surface area contributed by atoms with E-state index in [1.807, 2.05) is 0 Å². The third-order valence-electron chi connectivity index (χ3n) is 11.3. The van der Waals surface area contributed by atoms with E-state index >= 15 is 0 Å². The lowest BCUT2D eigenvalue weighted by atomic mass is 9.75. The molecule has 0 aromatic heterocycles. The van der Waals surface area contributed by atoms with Crippen molar-refractivity contribution in [3.63, 3.8) is 0 Å². The zero-order valence-electron chi connectivity index (χ0n) is 29.2. The minimum absolute atomic E-state index is 0.429. The molecule has 2 saturated heterocycles. The minimum atomic E-state index is -0.459. The lowest BCUT2D eigenvalue weighted by Gasteiger charge is -2.32. The molecule has 48 heavy (non-hydrogen) atoms. The van der Waals surface area contributed by atoms with Crippen molar-refractivity contribution in [3.05, 3.63) is 109 Å². The summed E-state index contributed by atoms with van der Waals surface area (Å²) in [4.78, 5) is 0. The molecule has 4 nitrogen and oxygen atoms in total. The highest BCUT2D eigenvalue weighted by molar-refractivity contribution is 6.63. The van der Waals surface area contributed by atoms with Crippen LogP contribution in [0.25, 0.3) is 54.6 Å². The van der Waals surface area contributed by atoms with Crippen LogP contribution in [-0.2, 0) is 18.6 Å². The Balaban J connectivity index is 1.44. The van der Waals surface area contributed by atoms with Crippen LogP contribution in [0.1, 0.15) is 55.4 Å². The van der Waals surface area contributed by atoms with Gasteiger partial charge >= 0.3 is 14.2 Å². The summed E-state index contributed by atoms with van der Waals surface area (Å²) in [7, 11) is -0.919. The number of rotatable bonds is 4. The summed E-state index contributed by atoms with van der Waals surface area (Å²) in [5.74, 6) is 0. The second kappa shape index (κ2) is 10.8. The van der Waals surface area contributed by atoms with E-state index in [0.29, 0.717) is 0 Å². The van der Waals surface area contributed by atoms with Crippen LogP contribution in [0.3, 0.4) is 0 Å². The Labute approximate surface area is 284 Å². The van der Waals surface area contributed by atoms with Crippen molar-refractivity contribution < 1.29 is 18.6 Å². The lowest BCUT2D eigenvalue weighted by molar-refractivity contribution is 0.00578. The van der Waals surface area contributed by atoms with E-state index in [2.05, 4.69) is 165 Å². The van der Waals surface area contributed by atoms with E-state index in [-0.39, 0.29) is 0 Å². The van der Waals surface area contributed by atoms with Gasteiger partial charge in [-0.3, -0.25) is 0 Å². The van der Waals surface area contributed by atoms with Crippen LogP contribution >= 0.6 is 0 Å². The van der Waals surface area contributed by atoms with Crippen LogP contribution in [0.2, 0.25) is 0 Å². The summed E-state index contributed by atoms with van der Waals surface area (Å²) in [5.41, 5.74) is 5.04. The fourth-order valence-electron chi connectivity index (χ4n) is 7.05. The van der Waals surface area contributed by atoms with Crippen molar-refractivity contribution in [2.24, 2.45) is 0 Å². The number of benzene rings is 6. The predicted octanol–water partition coefficient (Wildman–Crippen LogP) is 9.08. The molecule has 6 aromatic rings. The Morgan fingerprint density at radius 1 is 0.354 bits per heavy atom. The van der Waals surface area contributed by atoms with E-state index in [4.69, 9.17) is 18.6 Å². The monoisotopic (exact) mass is 632 g/mol. The molecule has 240 valence electrons. The molecule has 0 spiro atoms. The molecule has 0 atom stereocenters. The van der Waals surface area contributed by atoms with Gasteiger partial charge in [-0.2, -0.15) is 0 Å². The fourth-order valence-corrected chi connectivity index (χ4v) is 7.05. The topological polar surface area (TPSA) is 36.9 Å². The van der Waals surface area contributed by atoms with E-state index < -0.39 is 36.6 Å². The summed E-state index contributed by atoms with van der Waals surface area (Å²) in [6.45, 7) is 16.8. The molecule has 0 aliphatic carbocycles. The Bertz CT molecular complexity index is 2020. The third-order valence-corrected chi connectivity index (χ3v) is 11.3. The first-order valence-corrected chi connectivity index (χ1v) is 17.0. The van der Waals surface area contributed by atoms with E-state index in [0.717, 1.165) is 10.9 Å². The van der Waals surface area contributed by atoms with E-state index in [9.17, 15) is 0 Å². The highest BCUT2D eigenvalue weighted by atomic mass is 16.7. The molecule has 2 fully saturated rings. The number of hydrogen-bond donors (Lipinski definition) is 0. The van der Waals surface area contributed by atoms with Crippen molar-refractivity contribution in [1.82, 2.24) is 0 Å². The first-order valence-electron chi connectivity index (χ1n) is 17.0. The predicted molar refractivity (Wildman–Crippen MR) is 201 cm³/mol. The van der Waals surface area contributed by atoms with Crippen molar-refractivity contribution in [1.29, 1.82) is 0 Å². The maximum atomic E-state index is 6.55. The van der Waals surface area contributed by atoms with Gasteiger partial charge in [0.25, 0.3) is 0 Å². The maximum Gasteiger partial charge on any atom is 0.494 e. The molecule has 2 aliphatic rings. The van der Waals surface area contributed by atoms with Crippen LogP contribution in [0.15, 0.2) is 109 Å². The van der Waals surface area contributed by atoms with Gasteiger partial charge in [0.1, 0.15) is 0 Å². The molecular weight excluding hydrogens is 590 g/mol. The van der Waals surface area contributed by atoms with Gasteiger partial charge in [0, 0.05) is 0 Å². The molecule has 0 N–H and O–H groups in total. The Morgan fingerprint density at radius 2 is 0.667 bits per heavy atom. The molecule has 0 amide bonds. The van der Waals surface area contributed by atoms with Crippen LogP contribution in [-0.4, -0.2) is 36.6 Å². The fraction of sp³-hybridized carbons (Fsp3) is 0.286. The van der Waals surface area contributed by atoms with Crippen LogP contribution in [0, 0.1) is 0 Å². The van der Waals surface area contributed by atoms with Crippen molar-refractivity contribution in [2.75, 3.05) is 0 Å². The number of hydrogen-bond acceptors (Lipinski definition) is 4. The highest BCUT2D eigenvalue weighted by Crippen LogP contribution is 2.43. The normalized spacial score (nSPS) is 19.5. The molecule has 0 radical (unpaired) electrons. The average molecular weight is 632 g/mol. The Morgan fingerprint density at radius 3 is 1.00 bits per heavy atom. The lowest BCUT2D eigenvalue weighted by Crippen LogP contribution is -2.41.